The van der Waals surface area contributed by atoms with Gasteiger partial charge in [-0.3, -0.25) is 0 Å². The predicted octanol–water partition coefficient (Wildman–Crippen LogP) is 11.3. The second-order valence-corrected chi connectivity index (χ2v) is 16.1. The molecular weight excluding hydrogens is 713 g/mol. The zero-order valence-corrected chi connectivity index (χ0v) is 33.5. The van der Waals surface area contributed by atoms with Crippen molar-refractivity contribution in [2.24, 2.45) is 0 Å². The van der Waals surface area contributed by atoms with Crippen LogP contribution in [0.1, 0.15) is 55.9 Å². The molecule has 8 heteroatoms. The van der Waals surface area contributed by atoms with Gasteiger partial charge in [0, 0.05) is 24.7 Å². The largest absolute Gasteiger partial charge is 0.491 e. The molecule has 4 aromatic carbocycles. The summed E-state index contributed by atoms with van der Waals surface area (Å²) in [6.45, 7) is 14.7. The average Bonchev–Trinajstić information content (AvgIpc) is 3.79. The van der Waals surface area contributed by atoms with Crippen LogP contribution in [0.4, 0.5) is 0 Å². The summed E-state index contributed by atoms with van der Waals surface area (Å²) in [6, 6.07) is 30.2. The Morgan fingerprint density at radius 3 is 1.72 bits per heavy atom. The molecule has 0 amide bonds. The van der Waals surface area contributed by atoms with E-state index in [0.717, 1.165) is 33.7 Å². The van der Waals surface area contributed by atoms with Gasteiger partial charge in [-0.2, -0.15) is 0 Å². The van der Waals surface area contributed by atoms with Gasteiger partial charge >= 0.3 is 5.97 Å². The quantitative estimate of drug-likeness (QED) is 0.0534. The molecule has 0 spiro atoms. The van der Waals surface area contributed by atoms with Crippen LogP contribution >= 0.6 is 22.7 Å². The van der Waals surface area contributed by atoms with Gasteiger partial charge in [-0.25, -0.2) is 4.79 Å². The van der Waals surface area contributed by atoms with Crippen LogP contribution in [0.2, 0.25) is 0 Å². The van der Waals surface area contributed by atoms with Crippen molar-refractivity contribution in [1.29, 1.82) is 0 Å². The van der Waals surface area contributed by atoms with E-state index in [9.17, 15) is 9.90 Å². The lowest BCUT2D eigenvalue weighted by Gasteiger charge is -2.21. The van der Waals surface area contributed by atoms with Crippen molar-refractivity contribution in [3.8, 4) is 32.4 Å². The van der Waals surface area contributed by atoms with Gasteiger partial charge in [-0.1, -0.05) is 68.0 Å². The Morgan fingerprint density at radius 2 is 1.24 bits per heavy atom. The molecule has 0 aliphatic rings. The standard InChI is InChI=1S/C46H50O6S2/c1-7-32-20-30(5)11-17-40(32)44-22-34-13-15-37(24-42(34)53-44)51-27-39(50-26-36(47)10-9-19-49-46(48)29(3)4)28-52-38-16-14-35-23-45(54-43(35)25-38)41-18-12-31(6)21-33(41)8-2/h11-18,20-25,36,39,47H,3,7-10,19,26-28H2,1-2,4-6H3. The van der Waals surface area contributed by atoms with E-state index in [4.69, 9.17) is 18.9 Å². The van der Waals surface area contributed by atoms with Crippen molar-refractivity contribution in [3.63, 3.8) is 0 Å². The summed E-state index contributed by atoms with van der Waals surface area (Å²) in [7, 11) is 0. The number of aliphatic hydroxyl groups excluding tert-OH is 1. The predicted molar refractivity (Wildman–Crippen MR) is 224 cm³/mol. The number of aryl methyl sites for hydroxylation is 4. The SMILES string of the molecule is C=C(C)C(=O)OCCCC(O)COC(COc1ccc2cc(-c3ccc(C)cc3CC)sc2c1)COc1ccc2cc(-c3ccc(C)cc3CC)sc2c1. The van der Waals surface area contributed by atoms with Crippen LogP contribution in [-0.4, -0.2) is 49.7 Å². The first-order valence-corrected chi connectivity index (χ1v) is 20.4. The fraction of sp³-hybridized carbons (Fsp3) is 0.326. The van der Waals surface area contributed by atoms with E-state index < -0.39 is 18.2 Å². The number of aliphatic hydroxyl groups is 1. The molecule has 0 aliphatic carbocycles. The number of esters is 1. The molecule has 0 saturated heterocycles. The highest BCUT2D eigenvalue weighted by atomic mass is 32.1. The third kappa shape index (κ3) is 9.98. The Bertz CT molecular complexity index is 2090. The van der Waals surface area contributed by atoms with Crippen molar-refractivity contribution >= 4 is 48.8 Å². The molecule has 1 atom stereocenters. The van der Waals surface area contributed by atoms with Crippen molar-refractivity contribution in [3.05, 3.63) is 119 Å². The van der Waals surface area contributed by atoms with E-state index in [0.29, 0.717) is 18.4 Å². The van der Waals surface area contributed by atoms with E-state index >= 15 is 0 Å². The van der Waals surface area contributed by atoms with Crippen molar-refractivity contribution in [2.45, 2.75) is 72.5 Å². The zero-order chi connectivity index (χ0) is 38.2. The minimum absolute atomic E-state index is 0.0963. The van der Waals surface area contributed by atoms with E-state index in [-0.39, 0.29) is 26.4 Å². The summed E-state index contributed by atoms with van der Waals surface area (Å²) in [5.41, 5.74) is 8.16. The molecule has 0 fully saturated rings. The number of benzene rings is 4. The van der Waals surface area contributed by atoms with Crippen molar-refractivity contribution in [1.82, 2.24) is 0 Å². The highest BCUT2D eigenvalue weighted by molar-refractivity contribution is 7.22. The molecule has 6 aromatic rings. The van der Waals surface area contributed by atoms with Gasteiger partial charge in [0.2, 0.25) is 0 Å². The molecule has 2 aromatic heterocycles. The van der Waals surface area contributed by atoms with Gasteiger partial charge in [0.15, 0.2) is 0 Å². The number of thiophene rings is 2. The van der Waals surface area contributed by atoms with Crippen LogP contribution in [0.25, 0.3) is 41.1 Å². The van der Waals surface area contributed by atoms with Crippen LogP contribution in [0.3, 0.4) is 0 Å². The number of carbonyl (C=O) groups is 1. The maximum Gasteiger partial charge on any atom is 0.333 e. The molecule has 54 heavy (non-hydrogen) atoms. The third-order valence-electron chi connectivity index (χ3n) is 9.46. The Hall–Kier alpha value is -4.47. The second-order valence-electron chi connectivity index (χ2n) is 13.9. The first-order valence-electron chi connectivity index (χ1n) is 18.7. The molecule has 282 valence electrons. The fourth-order valence-corrected chi connectivity index (χ4v) is 8.74. The number of carbonyl (C=O) groups excluding carboxylic acids is 1. The number of hydrogen-bond acceptors (Lipinski definition) is 8. The lowest BCUT2D eigenvalue weighted by molar-refractivity contribution is -0.139. The fourth-order valence-electron chi connectivity index (χ4n) is 6.44. The molecule has 0 radical (unpaired) electrons. The molecular formula is C46H50O6S2. The summed E-state index contributed by atoms with van der Waals surface area (Å²) in [4.78, 5) is 14.2. The van der Waals surface area contributed by atoms with Gasteiger partial charge in [0.05, 0.1) is 19.3 Å². The number of hydrogen-bond donors (Lipinski definition) is 1. The number of fused-ring (bicyclic) bond motifs is 2. The van der Waals surface area contributed by atoms with E-state index in [1.54, 1.807) is 29.6 Å². The van der Waals surface area contributed by atoms with Crippen LogP contribution in [0.15, 0.2) is 97.1 Å². The maximum atomic E-state index is 11.7. The summed E-state index contributed by atoms with van der Waals surface area (Å²) in [5.74, 6) is 1.07. The Labute approximate surface area is 327 Å². The van der Waals surface area contributed by atoms with Gasteiger partial charge in [0.25, 0.3) is 0 Å². The normalized spacial score (nSPS) is 12.1. The molecule has 6 rings (SSSR count). The Kier molecular flexibility index (Phi) is 13.3. The first kappa shape index (κ1) is 39.2. The molecule has 0 aliphatic heterocycles. The lowest BCUT2D eigenvalue weighted by atomic mass is 10.0. The highest BCUT2D eigenvalue weighted by Gasteiger charge is 2.17. The molecule has 2 heterocycles. The second kappa shape index (κ2) is 18.2. The van der Waals surface area contributed by atoms with E-state index in [2.05, 4.69) is 107 Å². The summed E-state index contributed by atoms with van der Waals surface area (Å²) < 4.78 is 26.4. The van der Waals surface area contributed by atoms with Gasteiger partial charge in [-0.05, 0) is 128 Å². The smallest absolute Gasteiger partial charge is 0.333 e. The molecule has 6 nitrogen and oxygen atoms in total. The van der Waals surface area contributed by atoms with Gasteiger partial charge in [0.1, 0.15) is 30.8 Å². The number of rotatable bonds is 18. The molecule has 1 N–H and O–H groups in total. The maximum absolute atomic E-state index is 11.7. The summed E-state index contributed by atoms with van der Waals surface area (Å²) in [5, 5.41) is 13.1. The monoisotopic (exact) mass is 762 g/mol. The Balaban J connectivity index is 1.13. The highest BCUT2D eigenvalue weighted by Crippen LogP contribution is 2.39. The van der Waals surface area contributed by atoms with Crippen LogP contribution in [0, 0.1) is 13.8 Å². The minimum Gasteiger partial charge on any atom is -0.491 e. The van der Waals surface area contributed by atoms with Gasteiger partial charge in [-0.15, -0.1) is 22.7 Å². The first-order chi connectivity index (χ1) is 26.1. The van der Waals surface area contributed by atoms with Crippen LogP contribution in [-0.2, 0) is 27.1 Å². The summed E-state index contributed by atoms with van der Waals surface area (Å²) in [6.07, 6.45) is 1.71. The van der Waals surface area contributed by atoms with Crippen LogP contribution < -0.4 is 9.47 Å². The average molecular weight is 763 g/mol. The minimum atomic E-state index is -0.734. The molecule has 1 unspecified atom stereocenters. The van der Waals surface area contributed by atoms with E-state index in [1.165, 1.54) is 53.9 Å². The van der Waals surface area contributed by atoms with Crippen LogP contribution in [0.5, 0.6) is 11.5 Å². The topological polar surface area (TPSA) is 74.2 Å². The third-order valence-corrected chi connectivity index (χ3v) is 11.7. The van der Waals surface area contributed by atoms with E-state index in [1.807, 2.05) is 12.1 Å². The molecule has 0 bridgehead atoms. The van der Waals surface area contributed by atoms with Crippen molar-refractivity contribution in [2.75, 3.05) is 26.4 Å². The van der Waals surface area contributed by atoms with Gasteiger partial charge < -0.3 is 24.1 Å². The zero-order valence-electron chi connectivity index (χ0n) is 31.9. The van der Waals surface area contributed by atoms with Crippen molar-refractivity contribution < 1.29 is 28.8 Å². The summed E-state index contributed by atoms with van der Waals surface area (Å²) >= 11 is 3.54. The number of ether oxygens (including phenoxy) is 4. The lowest BCUT2D eigenvalue weighted by Crippen LogP contribution is -2.32. The molecule has 0 saturated carbocycles. The Morgan fingerprint density at radius 1 is 0.722 bits per heavy atom.